The Bertz CT molecular complexity index is 357. The lowest BCUT2D eigenvalue weighted by Crippen LogP contribution is -2.43. The summed E-state index contributed by atoms with van der Waals surface area (Å²) in [4.78, 5) is 14.5. The number of nitrogens with zero attached hydrogens (tertiary/aromatic N) is 2. The predicted molar refractivity (Wildman–Crippen MR) is 62.9 cm³/mol. The fraction of sp³-hybridized carbons (Fsp3) is 0.400. The van der Waals surface area contributed by atoms with Gasteiger partial charge in [0.1, 0.15) is 13.9 Å². The van der Waals surface area contributed by atoms with Gasteiger partial charge in [-0.3, -0.25) is 0 Å². The molecule has 1 aromatic rings. The number of carbonyl (C=O) groups is 1. The van der Waals surface area contributed by atoms with Gasteiger partial charge in [0.15, 0.2) is 0 Å². The van der Waals surface area contributed by atoms with Crippen molar-refractivity contribution in [2.45, 2.75) is 19.6 Å². The number of carboxylic acid groups (broad SMARTS) is 1. The van der Waals surface area contributed by atoms with E-state index in [1.807, 2.05) is 7.05 Å². The molecule has 0 aromatic carbocycles. The van der Waals surface area contributed by atoms with Gasteiger partial charge in [0.25, 0.3) is 0 Å². The molecule has 0 aliphatic heterocycles. The topological polar surface area (TPSA) is 53.4 Å². The summed E-state index contributed by atoms with van der Waals surface area (Å²) in [5.41, 5.74) is 1.06. The molecule has 0 aliphatic rings. The van der Waals surface area contributed by atoms with Crippen molar-refractivity contribution in [2.24, 2.45) is 0 Å². The van der Waals surface area contributed by atoms with E-state index in [2.05, 4.69) is 29.2 Å². The van der Waals surface area contributed by atoms with Gasteiger partial charge in [-0.15, -0.1) is 0 Å². The number of pyridine rings is 1. The van der Waals surface area contributed by atoms with Crippen LogP contribution in [0.5, 0.6) is 0 Å². The van der Waals surface area contributed by atoms with Gasteiger partial charge in [-0.2, -0.15) is 0 Å². The molecule has 1 N–H and O–H groups in total. The molecule has 15 heavy (non-hydrogen) atoms. The van der Waals surface area contributed by atoms with Crippen molar-refractivity contribution in [3.8, 4) is 0 Å². The zero-order chi connectivity index (χ0) is 11.6. The first-order valence-electron chi connectivity index (χ1n) is 4.75. The summed E-state index contributed by atoms with van der Waals surface area (Å²) in [5, 5.41) is 8.71. The van der Waals surface area contributed by atoms with Gasteiger partial charge in [0.05, 0.1) is 6.20 Å². The predicted octanol–water partition coefficient (Wildman–Crippen LogP) is 2.05. The largest absolute Gasteiger partial charge is 0.477 e. The number of aromatic nitrogens is 1. The average molecular weight is 224 g/mol. The summed E-state index contributed by atoms with van der Waals surface area (Å²) in [6, 6.07) is 3.34. The molecule has 0 fully saturated rings. The lowest BCUT2D eigenvalue weighted by atomic mass is 10.3. The van der Waals surface area contributed by atoms with Crippen LogP contribution in [-0.4, -0.2) is 31.3 Å². The molecular formula is C10H16N2O2Si. The Kier molecular flexibility index (Phi) is 3.14. The lowest BCUT2D eigenvalue weighted by Gasteiger charge is -2.31. The monoisotopic (exact) mass is 224 g/mol. The van der Waals surface area contributed by atoms with E-state index < -0.39 is 14.2 Å². The van der Waals surface area contributed by atoms with E-state index in [0.29, 0.717) is 0 Å². The zero-order valence-corrected chi connectivity index (χ0v) is 10.5. The Morgan fingerprint density at radius 3 is 2.33 bits per heavy atom. The summed E-state index contributed by atoms with van der Waals surface area (Å²) in [6.45, 7) is 6.66. The van der Waals surface area contributed by atoms with Gasteiger partial charge in [-0.25, -0.2) is 9.78 Å². The first-order valence-corrected chi connectivity index (χ1v) is 8.20. The first kappa shape index (κ1) is 11.7. The van der Waals surface area contributed by atoms with E-state index in [1.165, 1.54) is 6.07 Å². The Balaban J connectivity index is 2.94. The van der Waals surface area contributed by atoms with Crippen LogP contribution in [0.1, 0.15) is 10.5 Å². The van der Waals surface area contributed by atoms with Gasteiger partial charge in [0, 0.05) is 5.69 Å². The summed E-state index contributed by atoms with van der Waals surface area (Å²) in [5.74, 6) is -0.989. The van der Waals surface area contributed by atoms with Crippen LogP contribution in [0.25, 0.3) is 0 Å². The maximum Gasteiger partial charge on any atom is 0.354 e. The van der Waals surface area contributed by atoms with E-state index in [4.69, 9.17) is 5.11 Å². The van der Waals surface area contributed by atoms with Crippen molar-refractivity contribution in [3.63, 3.8) is 0 Å². The van der Waals surface area contributed by atoms with Gasteiger partial charge in [0.2, 0.25) is 0 Å². The fourth-order valence-corrected chi connectivity index (χ4v) is 2.01. The Labute approximate surface area is 90.7 Å². The van der Waals surface area contributed by atoms with Gasteiger partial charge in [-0.1, -0.05) is 19.6 Å². The Hall–Kier alpha value is -1.36. The Morgan fingerprint density at radius 2 is 2.00 bits per heavy atom. The van der Waals surface area contributed by atoms with Crippen molar-refractivity contribution in [1.82, 2.24) is 4.98 Å². The highest BCUT2D eigenvalue weighted by atomic mass is 28.3. The highest BCUT2D eigenvalue weighted by Gasteiger charge is 2.20. The second kappa shape index (κ2) is 4.02. The molecule has 4 nitrogen and oxygen atoms in total. The molecule has 0 spiro atoms. The van der Waals surface area contributed by atoms with Crippen molar-refractivity contribution in [3.05, 3.63) is 24.0 Å². The summed E-state index contributed by atoms with van der Waals surface area (Å²) < 4.78 is 2.19. The minimum atomic E-state index is -1.40. The highest BCUT2D eigenvalue weighted by Crippen LogP contribution is 2.18. The molecule has 0 saturated carbocycles. The van der Waals surface area contributed by atoms with E-state index in [9.17, 15) is 4.79 Å². The number of hydrogen-bond donors (Lipinski definition) is 1. The maximum atomic E-state index is 10.6. The number of carboxylic acids is 1. The minimum absolute atomic E-state index is 0.0859. The quantitative estimate of drug-likeness (QED) is 0.798. The molecule has 1 heterocycles. The molecule has 5 heteroatoms. The van der Waals surface area contributed by atoms with Crippen molar-refractivity contribution in [2.75, 3.05) is 11.6 Å². The fourth-order valence-electron chi connectivity index (χ4n) is 1.10. The number of anilines is 1. The third-order valence-corrected chi connectivity index (χ3v) is 4.63. The van der Waals surface area contributed by atoms with Crippen LogP contribution in [0.3, 0.4) is 0 Å². The maximum absolute atomic E-state index is 10.6. The molecule has 0 saturated heterocycles. The standard InChI is InChI=1S/C10H16N2O2Si/c1-12(15(2,3)4)8-5-6-9(10(13)14)11-7-8/h5-7H,1-4H3,(H,13,14). The lowest BCUT2D eigenvalue weighted by molar-refractivity contribution is 0.0690. The third kappa shape index (κ3) is 2.79. The average Bonchev–Trinajstić information content (AvgIpc) is 2.15. The third-order valence-electron chi connectivity index (χ3n) is 2.36. The smallest absolute Gasteiger partial charge is 0.354 e. The molecule has 0 amide bonds. The molecule has 1 rings (SSSR count). The van der Waals surface area contributed by atoms with Crippen LogP contribution in [-0.2, 0) is 0 Å². The normalized spacial score (nSPS) is 11.2. The van der Waals surface area contributed by atoms with Gasteiger partial charge in [-0.05, 0) is 19.2 Å². The summed E-state index contributed by atoms with van der Waals surface area (Å²) >= 11 is 0. The van der Waals surface area contributed by atoms with Crippen LogP contribution < -0.4 is 4.57 Å². The van der Waals surface area contributed by atoms with Crippen LogP contribution in [0, 0.1) is 0 Å². The zero-order valence-electron chi connectivity index (χ0n) is 9.48. The molecule has 0 radical (unpaired) electrons. The SMILES string of the molecule is CN(c1ccc(C(=O)O)nc1)[Si](C)(C)C. The van der Waals surface area contributed by atoms with Gasteiger partial charge < -0.3 is 9.67 Å². The first-order chi connectivity index (χ1) is 6.82. The van der Waals surface area contributed by atoms with Crippen LogP contribution >= 0.6 is 0 Å². The molecule has 0 bridgehead atoms. The second-order valence-corrected chi connectivity index (χ2v) is 9.45. The van der Waals surface area contributed by atoms with Crippen molar-refractivity contribution >= 4 is 19.9 Å². The number of rotatable bonds is 3. The molecule has 0 unspecified atom stereocenters. The van der Waals surface area contributed by atoms with Crippen LogP contribution in [0.2, 0.25) is 19.6 Å². The second-order valence-electron chi connectivity index (χ2n) is 4.44. The van der Waals surface area contributed by atoms with Crippen LogP contribution in [0.4, 0.5) is 5.69 Å². The summed E-state index contributed by atoms with van der Waals surface area (Å²) in [7, 11) is 0.617. The number of hydrogen-bond acceptors (Lipinski definition) is 3. The minimum Gasteiger partial charge on any atom is -0.477 e. The van der Waals surface area contributed by atoms with Crippen LogP contribution in [0.15, 0.2) is 18.3 Å². The Morgan fingerprint density at radius 1 is 1.40 bits per heavy atom. The van der Waals surface area contributed by atoms with E-state index in [1.54, 1.807) is 12.3 Å². The molecule has 0 aliphatic carbocycles. The van der Waals surface area contributed by atoms with E-state index in [-0.39, 0.29) is 5.69 Å². The van der Waals surface area contributed by atoms with E-state index >= 15 is 0 Å². The van der Waals surface area contributed by atoms with Crippen molar-refractivity contribution < 1.29 is 9.90 Å². The van der Waals surface area contributed by atoms with E-state index in [0.717, 1.165) is 5.69 Å². The number of aromatic carboxylic acids is 1. The highest BCUT2D eigenvalue weighted by molar-refractivity contribution is 6.79. The molecule has 1 aromatic heterocycles. The van der Waals surface area contributed by atoms with Crippen molar-refractivity contribution in [1.29, 1.82) is 0 Å². The summed E-state index contributed by atoms with van der Waals surface area (Å²) in [6.07, 6.45) is 1.61. The van der Waals surface area contributed by atoms with Gasteiger partial charge >= 0.3 is 5.97 Å². The molecule has 0 atom stereocenters. The molecule has 82 valence electrons. The molecular weight excluding hydrogens is 208 g/mol.